The van der Waals surface area contributed by atoms with Crippen molar-refractivity contribution in [3.63, 3.8) is 0 Å². The van der Waals surface area contributed by atoms with Crippen molar-refractivity contribution in [3.05, 3.63) is 51.0 Å². The number of hydrogen-bond acceptors (Lipinski definition) is 2. The molecule has 0 saturated heterocycles. The van der Waals surface area contributed by atoms with Gasteiger partial charge in [0.2, 0.25) is 0 Å². The summed E-state index contributed by atoms with van der Waals surface area (Å²) in [4.78, 5) is 2.59. The summed E-state index contributed by atoms with van der Waals surface area (Å²) in [6.07, 6.45) is 0. The van der Waals surface area contributed by atoms with Gasteiger partial charge in [-0.25, -0.2) is 4.39 Å². The molecule has 0 saturated carbocycles. The van der Waals surface area contributed by atoms with Crippen molar-refractivity contribution in [1.82, 2.24) is 0 Å². The van der Waals surface area contributed by atoms with Gasteiger partial charge in [-0.3, -0.25) is 0 Å². The van der Waals surface area contributed by atoms with Crippen molar-refractivity contribution < 1.29 is 4.39 Å². The molecule has 0 radical (unpaired) electrons. The first-order valence-electron chi connectivity index (χ1n) is 5.62. The molecule has 17 heavy (non-hydrogen) atoms. The molecule has 1 aromatic carbocycles. The van der Waals surface area contributed by atoms with Gasteiger partial charge in [-0.2, -0.15) is 0 Å². The van der Waals surface area contributed by atoms with E-state index in [4.69, 9.17) is 0 Å². The van der Waals surface area contributed by atoms with Crippen LogP contribution in [0.2, 0.25) is 0 Å². The molecule has 90 valence electrons. The van der Waals surface area contributed by atoms with Gasteiger partial charge in [0, 0.05) is 16.3 Å². The first kappa shape index (κ1) is 12.1. The first-order valence-corrected chi connectivity index (χ1v) is 6.44. The number of anilines is 1. The van der Waals surface area contributed by atoms with E-state index in [1.54, 1.807) is 23.5 Å². The predicted molar refractivity (Wildman–Crippen MR) is 72.3 cm³/mol. The molecular formula is C14H16FNS. The molecule has 0 unspecified atom stereocenters. The van der Waals surface area contributed by atoms with Crippen LogP contribution >= 0.6 is 11.3 Å². The second-order valence-electron chi connectivity index (χ2n) is 4.28. The zero-order chi connectivity index (χ0) is 12.4. The van der Waals surface area contributed by atoms with Gasteiger partial charge in [0.25, 0.3) is 0 Å². The van der Waals surface area contributed by atoms with E-state index in [9.17, 15) is 4.39 Å². The van der Waals surface area contributed by atoms with E-state index in [1.807, 2.05) is 13.0 Å². The number of benzene rings is 1. The summed E-state index contributed by atoms with van der Waals surface area (Å²) in [6.45, 7) is 6.75. The predicted octanol–water partition coefficient (Wildman–Crippen LogP) is 4.42. The van der Waals surface area contributed by atoms with E-state index < -0.39 is 0 Å². The van der Waals surface area contributed by atoms with Gasteiger partial charge in [0.1, 0.15) is 5.82 Å². The van der Waals surface area contributed by atoms with Crippen molar-refractivity contribution in [1.29, 1.82) is 0 Å². The van der Waals surface area contributed by atoms with E-state index in [2.05, 4.69) is 25.2 Å². The Hall–Kier alpha value is -1.35. The Kier molecular flexibility index (Phi) is 3.48. The van der Waals surface area contributed by atoms with Gasteiger partial charge < -0.3 is 5.32 Å². The van der Waals surface area contributed by atoms with Gasteiger partial charge >= 0.3 is 0 Å². The van der Waals surface area contributed by atoms with Crippen molar-refractivity contribution >= 4 is 17.0 Å². The van der Waals surface area contributed by atoms with Crippen LogP contribution in [-0.4, -0.2) is 0 Å². The Bertz CT molecular complexity index is 531. The quantitative estimate of drug-likeness (QED) is 0.848. The molecule has 1 heterocycles. The van der Waals surface area contributed by atoms with E-state index in [-0.39, 0.29) is 5.82 Å². The molecule has 0 aliphatic carbocycles. The van der Waals surface area contributed by atoms with Gasteiger partial charge in [-0.15, -0.1) is 11.3 Å². The van der Waals surface area contributed by atoms with Crippen molar-refractivity contribution in [3.8, 4) is 0 Å². The molecule has 0 aliphatic rings. The number of halogens is 1. The Labute approximate surface area is 105 Å². The molecule has 0 amide bonds. The lowest BCUT2D eigenvalue weighted by atomic mass is 10.2. The molecule has 3 heteroatoms. The van der Waals surface area contributed by atoms with Gasteiger partial charge in [0.05, 0.1) is 5.69 Å². The van der Waals surface area contributed by atoms with E-state index >= 15 is 0 Å². The van der Waals surface area contributed by atoms with Crippen LogP contribution in [0.5, 0.6) is 0 Å². The first-order chi connectivity index (χ1) is 8.06. The third kappa shape index (κ3) is 2.86. The Balaban J connectivity index is 2.10. The fourth-order valence-corrected chi connectivity index (χ4v) is 2.76. The van der Waals surface area contributed by atoms with Crippen LogP contribution in [0.15, 0.2) is 24.3 Å². The molecule has 1 aromatic heterocycles. The standard InChI is InChI=1S/C14H16FNS/c1-9-4-5-14(13(15)6-9)16-8-12-7-10(2)17-11(12)3/h4-7,16H,8H2,1-3H3. The van der Waals surface area contributed by atoms with Crippen LogP contribution in [0.1, 0.15) is 20.9 Å². The van der Waals surface area contributed by atoms with Crippen LogP contribution in [-0.2, 0) is 6.54 Å². The second-order valence-corrected chi connectivity index (χ2v) is 5.74. The normalized spacial score (nSPS) is 10.6. The fraction of sp³-hybridized carbons (Fsp3) is 0.286. The molecule has 0 fully saturated rings. The van der Waals surface area contributed by atoms with E-state index in [0.717, 1.165) is 5.56 Å². The van der Waals surface area contributed by atoms with Gasteiger partial charge in [-0.1, -0.05) is 6.07 Å². The highest BCUT2D eigenvalue weighted by Crippen LogP contribution is 2.22. The third-order valence-corrected chi connectivity index (χ3v) is 3.75. The summed E-state index contributed by atoms with van der Waals surface area (Å²) >= 11 is 1.78. The largest absolute Gasteiger partial charge is 0.379 e. The highest BCUT2D eigenvalue weighted by atomic mass is 32.1. The summed E-state index contributed by atoms with van der Waals surface area (Å²) in [5.74, 6) is -0.186. The van der Waals surface area contributed by atoms with Gasteiger partial charge in [0.15, 0.2) is 0 Å². The monoisotopic (exact) mass is 249 g/mol. The van der Waals surface area contributed by atoms with Crippen LogP contribution in [0, 0.1) is 26.6 Å². The minimum atomic E-state index is -0.186. The molecule has 0 bridgehead atoms. The number of nitrogens with one attached hydrogen (secondary N) is 1. The minimum absolute atomic E-state index is 0.186. The molecule has 0 spiro atoms. The Morgan fingerprint density at radius 3 is 2.53 bits per heavy atom. The molecule has 1 N–H and O–H groups in total. The van der Waals surface area contributed by atoms with Gasteiger partial charge in [-0.05, 0) is 50.1 Å². The highest BCUT2D eigenvalue weighted by molar-refractivity contribution is 7.12. The number of hydrogen-bond donors (Lipinski definition) is 1. The Morgan fingerprint density at radius 1 is 1.18 bits per heavy atom. The minimum Gasteiger partial charge on any atom is -0.379 e. The number of thiophene rings is 1. The average Bonchev–Trinajstić information content (AvgIpc) is 2.56. The second kappa shape index (κ2) is 4.88. The van der Waals surface area contributed by atoms with Crippen LogP contribution in [0.4, 0.5) is 10.1 Å². The zero-order valence-electron chi connectivity index (χ0n) is 10.3. The molecular weight excluding hydrogens is 233 g/mol. The Morgan fingerprint density at radius 2 is 1.94 bits per heavy atom. The number of rotatable bonds is 3. The zero-order valence-corrected chi connectivity index (χ0v) is 11.1. The third-order valence-electron chi connectivity index (χ3n) is 2.74. The lowest BCUT2D eigenvalue weighted by Crippen LogP contribution is -2.01. The molecule has 1 nitrogen and oxygen atoms in total. The summed E-state index contributed by atoms with van der Waals surface area (Å²) in [7, 11) is 0. The maximum absolute atomic E-state index is 13.6. The molecule has 0 atom stereocenters. The molecule has 2 rings (SSSR count). The van der Waals surface area contributed by atoms with Crippen molar-refractivity contribution in [2.45, 2.75) is 27.3 Å². The van der Waals surface area contributed by atoms with Crippen molar-refractivity contribution in [2.75, 3.05) is 5.32 Å². The molecule has 2 aromatic rings. The SMILES string of the molecule is Cc1ccc(NCc2cc(C)sc2C)c(F)c1. The summed E-state index contributed by atoms with van der Waals surface area (Å²) < 4.78 is 13.6. The highest BCUT2D eigenvalue weighted by Gasteiger charge is 2.05. The van der Waals surface area contributed by atoms with Crippen LogP contribution < -0.4 is 5.32 Å². The lowest BCUT2D eigenvalue weighted by molar-refractivity contribution is 0.629. The summed E-state index contributed by atoms with van der Waals surface area (Å²) in [5, 5.41) is 3.14. The van der Waals surface area contributed by atoms with E-state index in [0.29, 0.717) is 12.2 Å². The maximum atomic E-state index is 13.6. The lowest BCUT2D eigenvalue weighted by Gasteiger charge is -2.07. The van der Waals surface area contributed by atoms with Crippen molar-refractivity contribution in [2.24, 2.45) is 0 Å². The fourth-order valence-electron chi connectivity index (χ4n) is 1.81. The number of aryl methyl sites for hydroxylation is 3. The smallest absolute Gasteiger partial charge is 0.146 e. The topological polar surface area (TPSA) is 12.0 Å². The van der Waals surface area contributed by atoms with Crippen LogP contribution in [0.3, 0.4) is 0 Å². The molecule has 0 aliphatic heterocycles. The van der Waals surface area contributed by atoms with Crippen LogP contribution in [0.25, 0.3) is 0 Å². The van der Waals surface area contributed by atoms with E-state index in [1.165, 1.54) is 15.3 Å². The maximum Gasteiger partial charge on any atom is 0.146 e. The summed E-state index contributed by atoms with van der Waals surface area (Å²) in [6, 6.07) is 7.41. The average molecular weight is 249 g/mol. The summed E-state index contributed by atoms with van der Waals surface area (Å²) in [5.41, 5.74) is 2.75.